The zero-order valence-electron chi connectivity index (χ0n) is 9.01. The number of hydrogen-bond donors (Lipinski definition) is 1. The minimum atomic E-state index is 0.644. The molecule has 0 atom stereocenters. The molecule has 0 spiro atoms. The molecule has 4 nitrogen and oxygen atoms in total. The van der Waals surface area contributed by atoms with Crippen molar-refractivity contribution in [1.82, 2.24) is 10.1 Å². The van der Waals surface area contributed by atoms with Crippen molar-refractivity contribution in [3.8, 4) is 0 Å². The summed E-state index contributed by atoms with van der Waals surface area (Å²) in [7, 11) is 0. The first kappa shape index (κ1) is 11.0. The van der Waals surface area contributed by atoms with Gasteiger partial charge in [-0.25, -0.2) is 0 Å². The highest BCUT2D eigenvalue weighted by molar-refractivity contribution is 7.98. The summed E-state index contributed by atoms with van der Waals surface area (Å²) in [5, 5.41) is 3.84. The number of nitrogen functional groups attached to an aromatic ring is 1. The van der Waals surface area contributed by atoms with Gasteiger partial charge in [-0.15, -0.1) is 11.8 Å². The molecule has 0 amide bonds. The van der Waals surface area contributed by atoms with E-state index in [1.165, 1.54) is 0 Å². The van der Waals surface area contributed by atoms with Crippen LogP contribution in [0.15, 0.2) is 33.7 Å². The van der Waals surface area contributed by atoms with Gasteiger partial charge in [0.15, 0.2) is 5.82 Å². The minimum Gasteiger partial charge on any atom is -0.398 e. The molecule has 0 unspecified atom stereocenters. The van der Waals surface area contributed by atoms with Gasteiger partial charge in [-0.1, -0.05) is 24.2 Å². The first-order valence-corrected chi connectivity index (χ1v) is 6.07. The van der Waals surface area contributed by atoms with Gasteiger partial charge in [0.05, 0.1) is 5.75 Å². The number of nitrogens with zero attached hydrogens (tertiary/aromatic N) is 2. The maximum atomic E-state index is 5.83. The van der Waals surface area contributed by atoms with E-state index in [4.69, 9.17) is 10.3 Å². The summed E-state index contributed by atoms with van der Waals surface area (Å²) in [5.74, 6) is 2.04. The lowest BCUT2D eigenvalue weighted by Gasteiger charge is -2.01. The summed E-state index contributed by atoms with van der Waals surface area (Å²) in [6.07, 6.45) is 0.793. The van der Waals surface area contributed by atoms with Gasteiger partial charge in [0.25, 0.3) is 0 Å². The SMILES string of the molecule is CCc1noc(CSc2ccccc2N)n1. The Hall–Kier alpha value is -1.49. The van der Waals surface area contributed by atoms with Gasteiger partial charge < -0.3 is 10.3 Å². The van der Waals surface area contributed by atoms with Crippen molar-refractivity contribution in [3.63, 3.8) is 0 Å². The normalized spacial score (nSPS) is 10.6. The van der Waals surface area contributed by atoms with Gasteiger partial charge in [-0.2, -0.15) is 4.98 Å². The molecule has 1 aromatic carbocycles. The van der Waals surface area contributed by atoms with Crippen LogP contribution >= 0.6 is 11.8 Å². The van der Waals surface area contributed by atoms with E-state index in [1.54, 1.807) is 11.8 Å². The highest BCUT2D eigenvalue weighted by atomic mass is 32.2. The number of rotatable bonds is 4. The van der Waals surface area contributed by atoms with Gasteiger partial charge >= 0.3 is 0 Å². The second-order valence-corrected chi connectivity index (χ2v) is 4.30. The Morgan fingerprint density at radius 1 is 1.38 bits per heavy atom. The van der Waals surface area contributed by atoms with Crippen molar-refractivity contribution in [2.45, 2.75) is 24.0 Å². The lowest BCUT2D eigenvalue weighted by atomic mass is 10.3. The van der Waals surface area contributed by atoms with E-state index in [0.717, 1.165) is 22.8 Å². The van der Waals surface area contributed by atoms with Crippen LogP contribution in [0.25, 0.3) is 0 Å². The molecular formula is C11H13N3OS. The van der Waals surface area contributed by atoms with Crippen LogP contribution in [-0.4, -0.2) is 10.1 Å². The number of para-hydroxylation sites is 1. The fourth-order valence-electron chi connectivity index (χ4n) is 1.24. The van der Waals surface area contributed by atoms with Crippen molar-refractivity contribution in [2.75, 3.05) is 5.73 Å². The minimum absolute atomic E-state index is 0.644. The molecule has 0 saturated carbocycles. The fourth-order valence-corrected chi connectivity index (χ4v) is 2.05. The number of aromatic nitrogens is 2. The number of hydrogen-bond acceptors (Lipinski definition) is 5. The largest absolute Gasteiger partial charge is 0.398 e. The van der Waals surface area contributed by atoms with E-state index in [-0.39, 0.29) is 0 Å². The van der Waals surface area contributed by atoms with Gasteiger partial charge in [0.1, 0.15) is 0 Å². The van der Waals surface area contributed by atoms with E-state index >= 15 is 0 Å². The standard InChI is InChI=1S/C11H13N3OS/c1-2-10-13-11(15-14-10)7-16-9-6-4-3-5-8(9)12/h3-6H,2,7,12H2,1H3. The summed E-state index contributed by atoms with van der Waals surface area (Å²) in [6, 6.07) is 7.75. The second-order valence-electron chi connectivity index (χ2n) is 3.28. The van der Waals surface area contributed by atoms with E-state index in [1.807, 2.05) is 31.2 Å². The summed E-state index contributed by atoms with van der Waals surface area (Å²) in [6.45, 7) is 2.00. The number of thioether (sulfide) groups is 1. The molecule has 2 rings (SSSR count). The molecular weight excluding hydrogens is 222 g/mol. The average molecular weight is 235 g/mol. The van der Waals surface area contributed by atoms with Crippen molar-refractivity contribution in [3.05, 3.63) is 36.0 Å². The van der Waals surface area contributed by atoms with Gasteiger partial charge in [0, 0.05) is 17.0 Å². The summed E-state index contributed by atoms with van der Waals surface area (Å²) >= 11 is 1.60. The number of aryl methyl sites for hydroxylation is 1. The van der Waals surface area contributed by atoms with Crippen molar-refractivity contribution in [2.24, 2.45) is 0 Å². The second kappa shape index (κ2) is 5.03. The molecule has 0 aliphatic carbocycles. The van der Waals surface area contributed by atoms with Crippen LogP contribution < -0.4 is 5.73 Å². The predicted octanol–water partition coefficient (Wildman–Crippen LogP) is 2.51. The van der Waals surface area contributed by atoms with Crippen LogP contribution in [0.4, 0.5) is 5.69 Å². The molecule has 1 heterocycles. The molecule has 2 aromatic rings. The number of anilines is 1. The first-order chi connectivity index (χ1) is 7.79. The van der Waals surface area contributed by atoms with Crippen molar-refractivity contribution >= 4 is 17.4 Å². The Morgan fingerprint density at radius 2 is 2.19 bits per heavy atom. The Balaban J connectivity index is 1.99. The van der Waals surface area contributed by atoms with Crippen LogP contribution in [0, 0.1) is 0 Å². The van der Waals surface area contributed by atoms with Crippen LogP contribution in [0.1, 0.15) is 18.6 Å². The van der Waals surface area contributed by atoms with E-state index in [0.29, 0.717) is 11.6 Å². The summed E-state index contributed by atoms with van der Waals surface area (Å²) in [4.78, 5) is 5.27. The monoisotopic (exact) mass is 235 g/mol. The molecule has 84 valence electrons. The Kier molecular flexibility index (Phi) is 3.46. The quantitative estimate of drug-likeness (QED) is 0.651. The number of nitrogens with two attached hydrogens (primary N) is 1. The average Bonchev–Trinajstić information content (AvgIpc) is 2.76. The molecule has 0 saturated heterocycles. The van der Waals surface area contributed by atoms with Crippen LogP contribution in [0.3, 0.4) is 0 Å². The lowest BCUT2D eigenvalue weighted by Crippen LogP contribution is -1.88. The molecule has 16 heavy (non-hydrogen) atoms. The van der Waals surface area contributed by atoms with Gasteiger partial charge in [-0.3, -0.25) is 0 Å². The summed E-state index contributed by atoms with van der Waals surface area (Å²) in [5.41, 5.74) is 6.61. The maximum Gasteiger partial charge on any atom is 0.237 e. The first-order valence-electron chi connectivity index (χ1n) is 5.08. The third-order valence-electron chi connectivity index (χ3n) is 2.10. The zero-order valence-corrected chi connectivity index (χ0v) is 9.83. The Bertz CT molecular complexity index is 470. The highest BCUT2D eigenvalue weighted by Crippen LogP contribution is 2.27. The topological polar surface area (TPSA) is 64.9 Å². The van der Waals surface area contributed by atoms with Crippen LogP contribution in [0.2, 0.25) is 0 Å². The van der Waals surface area contributed by atoms with Gasteiger partial charge in [0.2, 0.25) is 5.89 Å². The molecule has 0 radical (unpaired) electrons. The third-order valence-corrected chi connectivity index (χ3v) is 3.17. The Morgan fingerprint density at radius 3 is 2.88 bits per heavy atom. The molecule has 0 aliphatic heterocycles. The molecule has 5 heteroatoms. The molecule has 0 aliphatic rings. The smallest absolute Gasteiger partial charge is 0.237 e. The molecule has 0 bridgehead atoms. The predicted molar refractivity (Wildman–Crippen MR) is 64.1 cm³/mol. The fraction of sp³-hybridized carbons (Fsp3) is 0.273. The maximum absolute atomic E-state index is 5.83. The number of benzene rings is 1. The highest BCUT2D eigenvalue weighted by Gasteiger charge is 2.06. The van der Waals surface area contributed by atoms with Crippen LogP contribution in [0.5, 0.6) is 0 Å². The molecule has 1 aromatic heterocycles. The van der Waals surface area contributed by atoms with E-state index < -0.39 is 0 Å². The van der Waals surface area contributed by atoms with Crippen molar-refractivity contribution < 1.29 is 4.52 Å². The summed E-state index contributed by atoms with van der Waals surface area (Å²) < 4.78 is 5.09. The Labute approximate surface area is 98.2 Å². The van der Waals surface area contributed by atoms with E-state index in [2.05, 4.69) is 10.1 Å². The third kappa shape index (κ3) is 2.55. The van der Waals surface area contributed by atoms with Crippen LogP contribution in [-0.2, 0) is 12.2 Å². The van der Waals surface area contributed by atoms with Crippen molar-refractivity contribution in [1.29, 1.82) is 0 Å². The molecule has 2 N–H and O–H groups in total. The van der Waals surface area contributed by atoms with Gasteiger partial charge in [-0.05, 0) is 12.1 Å². The lowest BCUT2D eigenvalue weighted by molar-refractivity contribution is 0.385. The zero-order chi connectivity index (χ0) is 11.4. The van der Waals surface area contributed by atoms with E-state index in [9.17, 15) is 0 Å². The molecule has 0 fully saturated rings.